The number of fused-ring (bicyclic) bond motifs is 1. The van der Waals surface area contributed by atoms with Crippen LogP contribution in [0.4, 0.5) is 0 Å². The smallest absolute Gasteiger partial charge is 0.294 e. The zero-order chi connectivity index (χ0) is 17.0. The van der Waals surface area contributed by atoms with Crippen LogP contribution in [0.2, 0.25) is 0 Å². The molecule has 0 radical (unpaired) electrons. The number of phenols is 1. The van der Waals surface area contributed by atoms with E-state index in [0.717, 1.165) is 21.2 Å². The molecule has 2 N–H and O–H groups in total. The van der Waals surface area contributed by atoms with Crippen molar-refractivity contribution < 1.29 is 18.1 Å². The molecule has 0 aliphatic heterocycles. The van der Waals surface area contributed by atoms with Gasteiger partial charge in [-0.05, 0) is 36.6 Å². The number of hydrogen-bond donors (Lipinski definition) is 3. The van der Waals surface area contributed by atoms with Crippen LogP contribution in [-0.2, 0) is 10.1 Å². The Balaban J connectivity index is 0.000000168. The zero-order valence-electron chi connectivity index (χ0n) is 12.3. The molecule has 4 nitrogen and oxygen atoms in total. The number of aromatic hydroxyl groups is 1. The van der Waals surface area contributed by atoms with E-state index in [1.807, 2.05) is 31.2 Å². The molecule has 6 heteroatoms. The summed E-state index contributed by atoms with van der Waals surface area (Å²) in [6.07, 6.45) is 0. The van der Waals surface area contributed by atoms with Crippen molar-refractivity contribution in [3.63, 3.8) is 0 Å². The van der Waals surface area contributed by atoms with Crippen LogP contribution in [0.1, 0.15) is 5.56 Å². The van der Waals surface area contributed by atoms with Gasteiger partial charge >= 0.3 is 0 Å². The fraction of sp³-hybridized carbons (Fsp3) is 0.0588. The lowest BCUT2D eigenvalue weighted by Crippen LogP contribution is -1.96. The monoisotopic (exact) mass is 348 g/mol. The van der Waals surface area contributed by atoms with Crippen molar-refractivity contribution in [2.75, 3.05) is 0 Å². The van der Waals surface area contributed by atoms with Gasteiger partial charge in [0.2, 0.25) is 0 Å². The molecule has 0 unspecified atom stereocenters. The molecule has 0 heterocycles. The molecule has 0 saturated heterocycles. The molecule has 0 saturated carbocycles. The third-order valence-electron chi connectivity index (χ3n) is 3.20. The summed E-state index contributed by atoms with van der Waals surface area (Å²) in [5.74, 6) is 0.309. The molecule has 3 aromatic carbocycles. The standard InChI is InChI=1S/C10H8OS.C7H8O3S/c11-9-5-6-10(12)8-4-2-1-3-7(8)9;1-6-2-4-7(5-3-6)11(8,9)10/h1-6,11-12H;2-5H,1H3,(H,8,9,10). The number of rotatable bonds is 1. The van der Waals surface area contributed by atoms with E-state index in [0.29, 0.717) is 5.75 Å². The summed E-state index contributed by atoms with van der Waals surface area (Å²) in [5.41, 5.74) is 0.956. The highest BCUT2D eigenvalue weighted by Gasteiger charge is 2.06. The van der Waals surface area contributed by atoms with Crippen LogP contribution < -0.4 is 0 Å². The maximum Gasteiger partial charge on any atom is 0.294 e. The van der Waals surface area contributed by atoms with E-state index in [9.17, 15) is 13.5 Å². The SMILES string of the molecule is Cc1ccc(S(=O)(=O)O)cc1.Oc1ccc(S)c2ccccc12. The zero-order valence-corrected chi connectivity index (χ0v) is 14.1. The molecule has 0 spiro atoms. The topological polar surface area (TPSA) is 74.6 Å². The van der Waals surface area contributed by atoms with Crippen molar-refractivity contribution in [1.82, 2.24) is 0 Å². The van der Waals surface area contributed by atoms with Crippen LogP contribution in [0.25, 0.3) is 10.8 Å². The Morgan fingerprint density at radius 2 is 1.43 bits per heavy atom. The van der Waals surface area contributed by atoms with Crippen LogP contribution in [0.3, 0.4) is 0 Å². The van der Waals surface area contributed by atoms with Crippen molar-refractivity contribution >= 4 is 33.5 Å². The van der Waals surface area contributed by atoms with E-state index in [1.54, 1.807) is 24.3 Å². The van der Waals surface area contributed by atoms with Crippen LogP contribution in [0.15, 0.2) is 70.5 Å². The van der Waals surface area contributed by atoms with Crippen LogP contribution in [0, 0.1) is 6.92 Å². The van der Waals surface area contributed by atoms with Crippen molar-refractivity contribution in [2.45, 2.75) is 16.7 Å². The lowest BCUT2D eigenvalue weighted by molar-refractivity contribution is 0.481. The maximum atomic E-state index is 10.5. The molecular weight excluding hydrogens is 332 g/mol. The third kappa shape index (κ3) is 4.48. The fourth-order valence-electron chi connectivity index (χ4n) is 1.98. The summed E-state index contributed by atoms with van der Waals surface area (Å²) < 4.78 is 29.6. The summed E-state index contributed by atoms with van der Waals surface area (Å²) in [4.78, 5) is 0.825. The van der Waals surface area contributed by atoms with Gasteiger partial charge in [0, 0.05) is 10.3 Å². The Morgan fingerprint density at radius 1 is 0.870 bits per heavy atom. The number of aryl methyl sites for hydroxylation is 1. The predicted molar refractivity (Wildman–Crippen MR) is 93.9 cm³/mol. The Kier molecular flexibility index (Phi) is 5.30. The van der Waals surface area contributed by atoms with Gasteiger partial charge in [-0.2, -0.15) is 8.42 Å². The molecule has 120 valence electrons. The molecule has 0 atom stereocenters. The van der Waals surface area contributed by atoms with Gasteiger partial charge in [0.15, 0.2) is 0 Å². The van der Waals surface area contributed by atoms with Crippen molar-refractivity contribution in [2.24, 2.45) is 0 Å². The molecule has 0 aromatic heterocycles. The van der Waals surface area contributed by atoms with Crippen LogP contribution >= 0.6 is 12.6 Å². The first-order valence-corrected chi connectivity index (χ1v) is 8.61. The van der Waals surface area contributed by atoms with Gasteiger partial charge in [-0.1, -0.05) is 42.0 Å². The second-order valence-corrected chi connectivity index (χ2v) is 6.84. The minimum absolute atomic E-state index is 0.0666. The predicted octanol–water partition coefficient (Wildman–Crippen LogP) is 4.08. The highest BCUT2D eigenvalue weighted by Crippen LogP contribution is 2.28. The first-order valence-electron chi connectivity index (χ1n) is 6.73. The fourth-order valence-corrected chi connectivity index (χ4v) is 2.73. The minimum Gasteiger partial charge on any atom is -0.507 e. The Hall–Kier alpha value is -2.02. The highest BCUT2D eigenvalue weighted by atomic mass is 32.2. The number of thiol groups is 1. The van der Waals surface area contributed by atoms with Gasteiger partial charge in [0.05, 0.1) is 4.90 Å². The lowest BCUT2D eigenvalue weighted by atomic mass is 10.1. The van der Waals surface area contributed by atoms with Gasteiger partial charge in [-0.25, -0.2) is 0 Å². The van der Waals surface area contributed by atoms with Crippen LogP contribution in [-0.4, -0.2) is 18.1 Å². The average Bonchev–Trinajstić information content (AvgIpc) is 2.51. The normalized spacial score (nSPS) is 10.9. The highest BCUT2D eigenvalue weighted by molar-refractivity contribution is 7.85. The summed E-state index contributed by atoms with van der Waals surface area (Å²) >= 11 is 4.29. The molecule has 0 amide bonds. The third-order valence-corrected chi connectivity index (χ3v) is 4.45. The summed E-state index contributed by atoms with van der Waals surface area (Å²) in [7, 11) is -4.02. The number of benzene rings is 3. The summed E-state index contributed by atoms with van der Waals surface area (Å²) in [6.45, 7) is 1.84. The molecular formula is C17H16O4S2. The van der Waals surface area contributed by atoms with E-state index in [-0.39, 0.29) is 4.90 Å². The average molecular weight is 348 g/mol. The van der Waals surface area contributed by atoms with Crippen molar-refractivity contribution in [1.29, 1.82) is 0 Å². The van der Waals surface area contributed by atoms with Gasteiger partial charge in [-0.15, -0.1) is 12.6 Å². The molecule has 0 aliphatic rings. The number of hydrogen-bond acceptors (Lipinski definition) is 4. The first-order chi connectivity index (χ1) is 10.8. The Labute approximate surface area is 140 Å². The second-order valence-electron chi connectivity index (χ2n) is 4.94. The van der Waals surface area contributed by atoms with E-state index < -0.39 is 10.1 Å². The van der Waals surface area contributed by atoms with Gasteiger partial charge < -0.3 is 5.11 Å². The molecule has 3 aromatic rings. The summed E-state index contributed by atoms with van der Waals surface area (Å²) in [6, 6.07) is 17.1. The van der Waals surface area contributed by atoms with Crippen molar-refractivity contribution in [3.05, 3.63) is 66.2 Å². The van der Waals surface area contributed by atoms with Crippen LogP contribution in [0.5, 0.6) is 5.75 Å². The summed E-state index contributed by atoms with van der Waals surface area (Å²) in [5, 5.41) is 11.3. The minimum atomic E-state index is -4.02. The molecule has 0 aliphatic carbocycles. The second kappa shape index (κ2) is 7.04. The van der Waals surface area contributed by atoms with E-state index >= 15 is 0 Å². The molecule has 3 rings (SSSR count). The Bertz CT molecular complexity index is 876. The number of phenolic OH excluding ortho intramolecular Hbond substituents is 1. The maximum absolute atomic E-state index is 10.5. The van der Waals surface area contributed by atoms with Gasteiger partial charge in [0.1, 0.15) is 5.75 Å². The Morgan fingerprint density at radius 3 is 1.96 bits per heavy atom. The van der Waals surface area contributed by atoms with Gasteiger partial charge in [0.25, 0.3) is 10.1 Å². The van der Waals surface area contributed by atoms with Crippen molar-refractivity contribution in [3.8, 4) is 5.75 Å². The largest absolute Gasteiger partial charge is 0.507 e. The van der Waals surface area contributed by atoms with E-state index in [1.165, 1.54) is 12.1 Å². The lowest BCUT2D eigenvalue weighted by Gasteiger charge is -2.02. The quantitative estimate of drug-likeness (QED) is 0.458. The van der Waals surface area contributed by atoms with Gasteiger partial charge in [-0.3, -0.25) is 4.55 Å². The molecule has 23 heavy (non-hydrogen) atoms. The first kappa shape index (κ1) is 17.3. The van der Waals surface area contributed by atoms with E-state index in [2.05, 4.69) is 12.6 Å². The molecule has 0 bridgehead atoms. The molecule has 0 fully saturated rings. The van der Waals surface area contributed by atoms with E-state index in [4.69, 9.17) is 4.55 Å².